The van der Waals surface area contributed by atoms with Gasteiger partial charge in [0.25, 0.3) is 0 Å². The van der Waals surface area contributed by atoms with Crippen molar-refractivity contribution in [2.75, 3.05) is 0 Å². The first-order valence-electron chi connectivity index (χ1n) is 4.42. The summed E-state index contributed by atoms with van der Waals surface area (Å²) in [6.45, 7) is 6.95. The van der Waals surface area contributed by atoms with Crippen LogP contribution in [-0.4, -0.2) is 0 Å². The van der Waals surface area contributed by atoms with E-state index in [9.17, 15) is 0 Å². The van der Waals surface area contributed by atoms with Crippen molar-refractivity contribution >= 4 is 0 Å². The fraction of sp³-hybridized carbons (Fsp3) is 0.800. The van der Waals surface area contributed by atoms with Crippen LogP contribution in [0.4, 0.5) is 0 Å². The predicted octanol–water partition coefficient (Wildman–Crippen LogP) is 3.24. The molecule has 0 spiro atoms. The average molecular weight is 138 g/mol. The lowest BCUT2D eigenvalue weighted by Gasteiger charge is -2.25. The summed E-state index contributed by atoms with van der Waals surface area (Å²) in [6, 6.07) is 0. The molecule has 58 valence electrons. The zero-order valence-corrected chi connectivity index (χ0v) is 7.30. The molecule has 0 fully saturated rings. The van der Waals surface area contributed by atoms with Crippen LogP contribution in [0.5, 0.6) is 0 Å². The molecule has 0 bridgehead atoms. The van der Waals surface area contributed by atoms with E-state index in [-0.39, 0.29) is 0 Å². The second kappa shape index (κ2) is 3.23. The van der Waals surface area contributed by atoms with E-state index >= 15 is 0 Å². The fourth-order valence-corrected chi connectivity index (χ4v) is 1.60. The molecular weight excluding hydrogens is 120 g/mol. The van der Waals surface area contributed by atoms with Crippen LogP contribution in [-0.2, 0) is 0 Å². The van der Waals surface area contributed by atoms with Crippen molar-refractivity contribution in [1.82, 2.24) is 0 Å². The second-order valence-corrected chi connectivity index (χ2v) is 3.63. The molecule has 0 nitrogen and oxygen atoms in total. The Morgan fingerprint density at radius 2 is 2.00 bits per heavy atom. The van der Waals surface area contributed by atoms with E-state index in [1.165, 1.54) is 12.8 Å². The van der Waals surface area contributed by atoms with Gasteiger partial charge in [-0.1, -0.05) is 32.9 Å². The van der Waals surface area contributed by atoms with Crippen LogP contribution in [0.25, 0.3) is 0 Å². The van der Waals surface area contributed by atoms with Crippen LogP contribution in [0.2, 0.25) is 0 Å². The minimum Gasteiger partial charge on any atom is -0.0852 e. The number of hydrogen-bond acceptors (Lipinski definition) is 0. The Hall–Kier alpha value is -0.260. The fourth-order valence-electron chi connectivity index (χ4n) is 1.60. The van der Waals surface area contributed by atoms with Crippen LogP contribution >= 0.6 is 0 Å². The summed E-state index contributed by atoms with van der Waals surface area (Å²) in [4.78, 5) is 0. The van der Waals surface area contributed by atoms with Gasteiger partial charge in [-0.05, 0) is 30.6 Å². The Morgan fingerprint density at radius 1 is 1.30 bits per heavy atom. The van der Waals surface area contributed by atoms with E-state index in [1.54, 1.807) is 0 Å². The molecule has 0 N–H and O–H groups in total. The van der Waals surface area contributed by atoms with Crippen LogP contribution < -0.4 is 0 Å². The van der Waals surface area contributed by atoms with Gasteiger partial charge in [-0.3, -0.25) is 0 Å². The van der Waals surface area contributed by atoms with E-state index in [4.69, 9.17) is 0 Å². The first kappa shape index (κ1) is 7.84. The maximum Gasteiger partial charge on any atom is -0.0233 e. The minimum atomic E-state index is 0.808. The van der Waals surface area contributed by atoms with Crippen LogP contribution in [0.3, 0.4) is 0 Å². The Labute approximate surface area is 64.3 Å². The van der Waals surface area contributed by atoms with Crippen molar-refractivity contribution in [1.29, 1.82) is 0 Å². The molecule has 0 aromatic heterocycles. The number of hydrogen-bond donors (Lipinski definition) is 0. The largest absolute Gasteiger partial charge is 0.0852 e. The zero-order chi connectivity index (χ0) is 7.56. The highest BCUT2D eigenvalue weighted by Crippen LogP contribution is 2.28. The molecule has 0 aromatic rings. The van der Waals surface area contributed by atoms with Gasteiger partial charge in [0.1, 0.15) is 0 Å². The highest BCUT2D eigenvalue weighted by Gasteiger charge is 2.17. The lowest BCUT2D eigenvalue weighted by molar-refractivity contribution is 0.346. The predicted molar refractivity (Wildman–Crippen MR) is 45.9 cm³/mol. The van der Waals surface area contributed by atoms with E-state index in [0.717, 1.165) is 17.8 Å². The normalized spacial score (nSPS) is 40.1. The molecular formula is C10H18. The van der Waals surface area contributed by atoms with Crippen molar-refractivity contribution < 1.29 is 0 Å². The highest BCUT2D eigenvalue weighted by atomic mass is 14.2. The third-order valence-corrected chi connectivity index (χ3v) is 2.78. The Kier molecular flexibility index (Phi) is 2.53. The highest BCUT2D eigenvalue weighted by molar-refractivity contribution is 4.98. The van der Waals surface area contributed by atoms with Crippen molar-refractivity contribution in [3.63, 3.8) is 0 Å². The molecule has 0 saturated heterocycles. The summed E-state index contributed by atoms with van der Waals surface area (Å²) in [6.07, 6.45) is 7.48. The second-order valence-electron chi connectivity index (χ2n) is 3.63. The average Bonchev–Trinajstić information content (AvgIpc) is 1.95. The first-order chi connectivity index (χ1) is 4.74. The molecule has 1 rings (SSSR count). The van der Waals surface area contributed by atoms with Crippen molar-refractivity contribution in [2.45, 2.75) is 33.6 Å². The van der Waals surface area contributed by atoms with Gasteiger partial charge in [0.05, 0.1) is 0 Å². The van der Waals surface area contributed by atoms with Gasteiger partial charge in [-0.25, -0.2) is 0 Å². The van der Waals surface area contributed by atoms with Gasteiger partial charge in [0.15, 0.2) is 0 Å². The Morgan fingerprint density at radius 3 is 2.50 bits per heavy atom. The van der Waals surface area contributed by atoms with Gasteiger partial charge in [-0.15, -0.1) is 0 Å². The van der Waals surface area contributed by atoms with Crippen molar-refractivity contribution in [3.8, 4) is 0 Å². The summed E-state index contributed by atoms with van der Waals surface area (Å²) in [7, 11) is 0. The summed E-state index contributed by atoms with van der Waals surface area (Å²) in [5.41, 5.74) is 0. The van der Waals surface area contributed by atoms with Gasteiger partial charge < -0.3 is 0 Å². The standard InChI is InChI=1S/C10H18/c1-4-10-6-5-8(2)9(3)7-10/h5-6,8-10H,4,7H2,1-3H3. The summed E-state index contributed by atoms with van der Waals surface area (Å²) < 4.78 is 0. The molecule has 0 heterocycles. The molecule has 10 heavy (non-hydrogen) atoms. The van der Waals surface area contributed by atoms with Gasteiger partial charge in [0.2, 0.25) is 0 Å². The van der Waals surface area contributed by atoms with Crippen LogP contribution in [0.15, 0.2) is 12.2 Å². The zero-order valence-electron chi connectivity index (χ0n) is 7.30. The molecule has 0 aromatic carbocycles. The number of rotatable bonds is 1. The quantitative estimate of drug-likeness (QED) is 0.488. The Balaban J connectivity index is 2.51. The SMILES string of the molecule is CCC1C=CC(C)C(C)C1. The molecule has 3 atom stereocenters. The Bertz CT molecular complexity index is 124. The van der Waals surface area contributed by atoms with E-state index in [0.29, 0.717) is 0 Å². The molecule has 0 radical (unpaired) electrons. The van der Waals surface area contributed by atoms with Crippen molar-refractivity contribution in [3.05, 3.63) is 12.2 Å². The molecule has 3 unspecified atom stereocenters. The van der Waals surface area contributed by atoms with Gasteiger partial charge in [0, 0.05) is 0 Å². The first-order valence-corrected chi connectivity index (χ1v) is 4.42. The van der Waals surface area contributed by atoms with Crippen molar-refractivity contribution in [2.24, 2.45) is 17.8 Å². The van der Waals surface area contributed by atoms with E-state index in [1.807, 2.05) is 0 Å². The molecule has 1 aliphatic carbocycles. The van der Waals surface area contributed by atoms with E-state index < -0.39 is 0 Å². The molecule has 0 saturated carbocycles. The maximum atomic E-state index is 2.39. The van der Waals surface area contributed by atoms with Crippen LogP contribution in [0.1, 0.15) is 33.6 Å². The minimum absolute atomic E-state index is 0.808. The smallest absolute Gasteiger partial charge is 0.0233 e. The molecule has 0 amide bonds. The van der Waals surface area contributed by atoms with Crippen LogP contribution in [0, 0.1) is 17.8 Å². The number of allylic oxidation sites excluding steroid dienone is 2. The van der Waals surface area contributed by atoms with E-state index in [2.05, 4.69) is 32.9 Å². The summed E-state index contributed by atoms with van der Waals surface area (Å²) >= 11 is 0. The summed E-state index contributed by atoms with van der Waals surface area (Å²) in [5, 5.41) is 0. The third kappa shape index (κ3) is 1.62. The third-order valence-electron chi connectivity index (χ3n) is 2.78. The summed E-state index contributed by atoms with van der Waals surface area (Å²) in [5.74, 6) is 2.57. The lowest BCUT2D eigenvalue weighted by Crippen LogP contribution is -2.15. The lowest BCUT2D eigenvalue weighted by atomic mass is 9.80. The molecule has 0 heteroatoms. The monoisotopic (exact) mass is 138 g/mol. The van der Waals surface area contributed by atoms with Gasteiger partial charge in [-0.2, -0.15) is 0 Å². The van der Waals surface area contributed by atoms with Gasteiger partial charge >= 0.3 is 0 Å². The maximum absolute atomic E-state index is 2.39. The molecule has 0 aliphatic heterocycles. The topological polar surface area (TPSA) is 0 Å². The molecule has 1 aliphatic rings.